The Hall–Kier alpha value is -4.14. The molecule has 1 fully saturated rings. The molecule has 186 valence electrons. The molecular weight excluding hydrogens is 462 g/mol. The maximum Gasteiger partial charge on any atom is 0.0681 e. The van der Waals surface area contributed by atoms with Crippen molar-refractivity contribution in [2.75, 3.05) is 5.32 Å². The van der Waals surface area contributed by atoms with Gasteiger partial charge in [0.1, 0.15) is 0 Å². The summed E-state index contributed by atoms with van der Waals surface area (Å²) in [6, 6.07) is 37.1. The summed E-state index contributed by atoms with van der Waals surface area (Å²) in [7, 11) is 0. The third-order valence-corrected chi connectivity index (χ3v) is 8.23. The van der Waals surface area contributed by atoms with Crippen molar-refractivity contribution in [3.8, 4) is 22.3 Å². The van der Waals surface area contributed by atoms with Crippen molar-refractivity contribution in [1.82, 2.24) is 0 Å². The molecule has 2 aliphatic carbocycles. The lowest BCUT2D eigenvalue weighted by Gasteiger charge is -2.19. The van der Waals surface area contributed by atoms with Crippen molar-refractivity contribution in [2.45, 2.75) is 38.7 Å². The van der Waals surface area contributed by atoms with E-state index in [2.05, 4.69) is 84.2 Å². The van der Waals surface area contributed by atoms with Crippen molar-refractivity contribution in [3.05, 3.63) is 125 Å². The fourth-order valence-corrected chi connectivity index (χ4v) is 6.33. The first kappa shape index (κ1) is 23.0. The second-order valence-electron chi connectivity index (χ2n) is 10.5. The van der Waals surface area contributed by atoms with Crippen molar-refractivity contribution in [1.29, 1.82) is 0 Å². The molecule has 0 bridgehead atoms. The Morgan fingerprint density at radius 3 is 2.13 bits per heavy atom. The van der Waals surface area contributed by atoms with Crippen molar-refractivity contribution < 1.29 is 5.11 Å². The van der Waals surface area contributed by atoms with Crippen molar-refractivity contribution >= 4 is 27.7 Å². The molecule has 0 saturated heterocycles. The Morgan fingerprint density at radius 1 is 0.605 bits per heavy atom. The molecule has 0 atom stereocenters. The first-order chi connectivity index (χ1) is 18.8. The van der Waals surface area contributed by atoms with E-state index in [9.17, 15) is 5.11 Å². The number of anilines is 2. The molecular formula is C36H31NO. The van der Waals surface area contributed by atoms with Crippen molar-refractivity contribution in [2.24, 2.45) is 0 Å². The monoisotopic (exact) mass is 493 g/mol. The fourth-order valence-electron chi connectivity index (χ4n) is 6.33. The molecule has 2 nitrogen and oxygen atoms in total. The van der Waals surface area contributed by atoms with Gasteiger partial charge in [0.25, 0.3) is 0 Å². The normalized spacial score (nSPS) is 14.4. The quantitative estimate of drug-likeness (QED) is 0.256. The Balaban J connectivity index is 1.40. The third kappa shape index (κ3) is 3.93. The number of aliphatic hydroxyl groups excluding tert-OH is 1. The van der Waals surface area contributed by atoms with Crippen LogP contribution in [0.25, 0.3) is 38.6 Å². The molecule has 0 heterocycles. The minimum atomic E-state index is 0.0507. The van der Waals surface area contributed by atoms with Gasteiger partial charge in [-0.05, 0) is 88.2 Å². The molecule has 7 rings (SSSR count). The molecule has 5 aromatic rings. The summed E-state index contributed by atoms with van der Waals surface area (Å²) < 4.78 is 0. The van der Waals surface area contributed by atoms with Crippen LogP contribution in [0, 0.1) is 0 Å². The maximum atomic E-state index is 9.49. The number of nitrogens with one attached hydrogen (secondary N) is 1. The van der Waals surface area contributed by atoms with Crippen LogP contribution in [0.2, 0.25) is 0 Å². The Bertz CT molecular complexity index is 1690. The number of rotatable bonds is 4. The zero-order chi connectivity index (χ0) is 25.5. The SMILES string of the molecule is OCc1ccc(Nc2c(-c3ccc4c(c3)C(=C3CCCCC3)c3ccccc3-4)ccc3ccccc23)cc1. The van der Waals surface area contributed by atoms with E-state index in [-0.39, 0.29) is 6.61 Å². The lowest BCUT2D eigenvalue weighted by atomic mass is 9.86. The van der Waals surface area contributed by atoms with E-state index >= 15 is 0 Å². The predicted molar refractivity (Wildman–Crippen MR) is 160 cm³/mol. The van der Waals surface area contributed by atoms with Crippen LogP contribution in [0.3, 0.4) is 0 Å². The summed E-state index contributed by atoms with van der Waals surface area (Å²) in [6.45, 7) is 0.0507. The average molecular weight is 494 g/mol. The molecule has 0 amide bonds. The van der Waals surface area contributed by atoms with Gasteiger partial charge in [0.2, 0.25) is 0 Å². The molecule has 0 aliphatic heterocycles. The summed E-state index contributed by atoms with van der Waals surface area (Å²) in [5, 5.41) is 15.6. The van der Waals surface area contributed by atoms with Crippen LogP contribution < -0.4 is 5.32 Å². The molecule has 2 aliphatic rings. The number of hydrogen-bond donors (Lipinski definition) is 2. The number of hydrogen-bond acceptors (Lipinski definition) is 2. The zero-order valence-corrected chi connectivity index (χ0v) is 21.5. The topological polar surface area (TPSA) is 32.3 Å². The molecule has 2 heteroatoms. The molecule has 0 spiro atoms. The number of benzene rings is 5. The summed E-state index contributed by atoms with van der Waals surface area (Å²) in [5.74, 6) is 0. The lowest BCUT2D eigenvalue weighted by Crippen LogP contribution is -1.99. The van der Waals surface area contributed by atoms with Crippen LogP contribution in [-0.2, 0) is 6.61 Å². The summed E-state index contributed by atoms with van der Waals surface area (Å²) in [4.78, 5) is 0. The Kier molecular flexibility index (Phi) is 5.83. The standard InChI is InChI=1S/C36H31NO/c38-23-24-14-18-28(19-15-24)37-36-29-11-5-4-8-25(29)16-20-30(36)27-17-21-32-31-12-6-7-13-33(31)35(34(32)22-27)26-9-2-1-3-10-26/h4-8,11-22,37-38H,1-3,9-10,23H2. The number of aliphatic hydroxyl groups is 1. The molecule has 0 unspecified atom stereocenters. The minimum absolute atomic E-state index is 0.0507. The van der Waals surface area contributed by atoms with Crippen molar-refractivity contribution in [3.63, 3.8) is 0 Å². The molecule has 38 heavy (non-hydrogen) atoms. The van der Waals surface area contributed by atoms with Crippen LogP contribution in [-0.4, -0.2) is 5.11 Å². The van der Waals surface area contributed by atoms with Crippen LogP contribution in [0.5, 0.6) is 0 Å². The van der Waals surface area contributed by atoms with E-state index in [1.165, 1.54) is 81.8 Å². The van der Waals surface area contributed by atoms with Gasteiger partial charge >= 0.3 is 0 Å². The van der Waals surface area contributed by atoms with E-state index < -0.39 is 0 Å². The summed E-state index contributed by atoms with van der Waals surface area (Å²) in [6.07, 6.45) is 6.35. The zero-order valence-electron chi connectivity index (χ0n) is 21.5. The van der Waals surface area contributed by atoms with E-state index in [4.69, 9.17) is 0 Å². The van der Waals surface area contributed by atoms with Gasteiger partial charge in [-0.25, -0.2) is 0 Å². The second kappa shape index (κ2) is 9.63. The average Bonchev–Trinajstić information content (AvgIpc) is 3.32. The van der Waals surface area contributed by atoms with E-state index in [1.54, 1.807) is 5.57 Å². The summed E-state index contributed by atoms with van der Waals surface area (Å²) >= 11 is 0. The predicted octanol–water partition coefficient (Wildman–Crippen LogP) is 9.49. The molecule has 0 radical (unpaired) electrons. The lowest BCUT2D eigenvalue weighted by molar-refractivity contribution is 0.282. The Morgan fingerprint density at radius 2 is 1.32 bits per heavy atom. The molecule has 5 aromatic carbocycles. The van der Waals surface area contributed by atoms with Crippen LogP contribution >= 0.6 is 0 Å². The van der Waals surface area contributed by atoms with Gasteiger partial charge < -0.3 is 10.4 Å². The Labute approximate surface area is 224 Å². The highest BCUT2D eigenvalue weighted by Crippen LogP contribution is 2.49. The smallest absolute Gasteiger partial charge is 0.0681 e. The molecule has 1 saturated carbocycles. The fraction of sp³-hybridized carbons (Fsp3) is 0.167. The largest absolute Gasteiger partial charge is 0.392 e. The number of allylic oxidation sites excluding steroid dienone is 1. The van der Waals surface area contributed by atoms with E-state index in [1.807, 2.05) is 24.3 Å². The first-order valence-corrected chi connectivity index (χ1v) is 13.8. The van der Waals surface area contributed by atoms with Crippen LogP contribution in [0.1, 0.15) is 48.8 Å². The van der Waals surface area contributed by atoms with Gasteiger partial charge in [-0.1, -0.05) is 96.9 Å². The van der Waals surface area contributed by atoms with Crippen LogP contribution in [0.4, 0.5) is 11.4 Å². The highest BCUT2D eigenvalue weighted by Gasteiger charge is 2.27. The van der Waals surface area contributed by atoms with Gasteiger partial charge in [-0.15, -0.1) is 0 Å². The maximum absolute atomic E-state index is 9.49. The molecule has 0 aromatic heterocycles. The van der Waals surface area contributed by atoms with Gasteiger partial charge in [-0.3, -0.25) is 0 Å². The van der Waals surface area contributed by atoms with E-state index in [0.29, 0.717) is 0 Å². The highest BCUT2D eigenvalue weighted by atomic mass is 16.3. The second-order valence-corrected chi connectivity index (χ2v) is 10.5. The minimum Gasteiger partial charge on any atom is -0.392 e. The first-order valence-electron chi connectivity index (χ1n) is 13.8. The van der Waals surface area contributed by atoms with Gasteiger partial charge in [-0.2, -0.15) is 0 Å². The van der Waals surface area contributed by atoms with Gasteiger partial charge in [0.05, 0.1) is 12.3 Å². The molecule has 2 N–H and O–H groups in total. The van der Waals surface area contributed by atoms with Crippen LogP contribution in [0.15, 0.2) is 109 Å². The third-order valence-electron chi connectivity index (χ3n) is 8.23. The van der Waals surface area contributed by atoms with Gasteiger partial charge in [0.15, 0.2) is 0 Å². The summed E-state index contributed by atoms with van der Waals surface area (Å²) in [5.41, 5.74) is 14.1. The van der Waals surface area contributed by atoms with E-state index in [0.717, 1.165) is 16.9 Å². The highest BCUT2D eigenvalue weighted by molar-refractivity contribution is 6.06. The number of fused-ring (bicyclic) bond motifs is 4. The van der Waals surface area contributed by atoms with Gasteiger partial charge in [0, 0.05) is 16.6 Å².